The second-order valence-electron chi connectivity index (χ2n) is 7.20. The van der Waals surface area contributed by atoms with Crippen LogP contribution in [0.3, 0.4) is 0 Å². The minimum Gasteiger partial charge on any atom is -0.478 e. The number of aromatic carboxylic acids is 1. The van der Waals surface area contributed by atoms with Gasteiger partial charge in [-0.2, -0.15) is 0 Å². The number of carboxylic acid groups (broad SMARTS) is 1. The van der Waals surface area contributed by atoms with Crippen LogP contribution in [-0.4, -0.2) is 52.0 Å². The molecule has 7 heteroatoms. The van der Waals surface area contributed by atoms with E-state index in [1.165, 1.54) is 17.0 Å². The monoisotopic (exact) mass is 378 g/mol. The van der Waals surface area contributed by atoms with E-state index in [0.717, 1.165) is 25.7 Å². The molecule has 1 aliphatic rings. The minimum absolute atomic E-state index is 0.122. The van der Waals surface area contributed by atoms with Crippen LogP contribution < -0.4 is 10.2 Å². The quantitative estimate of drug-likeness (QED) is 0.498. The number of aliphatic hydroxyl groups is 2. The molecule has 0 bridgehead atoms. The zero-order chi connectivity index (χ0) is 20.0. The van der Waals surface area contributed by atoms with Crippen LogP contribution in [-0.2, 0) is 4.79 Å². The number of unbranched alkanes of at least 4 members (excludes halogenated alkanes) is 1. The Bertz CT molecular complexity index is 672. The Labute approximate surface area is 160 Å². The molecule has 1 aromatic carbocycles. The maximum Gasteiger partial charge on any atom is 0.335 e. The zero-order valence-electron chi connectivity index (χ0n) is 16.1. The molecule has 0 aromatic heterocycles. The van der Waals surface area contributed by atoms with Gasteiger partial charge in [0.1, 0.15) is 0 Å². The van der Waals surface area contributed by atoms with Crippen LogP contribution in [0.25, 0.3) is 0 Å². The second-order valence-corrected chi connectivity index (χ2v) is 7.20. The van der Waals surface area contributed by atoms with Crippen molar-refractivity contribution in [2.45, 2.75) is 64.0 Å². The highest BCUT2D eigenvalue weighted by molar-refractivity contribution is 6.01. The lowest BCUT2D eigenvalue weighted by Gasteiger charge is -2.37. The lowest BCUT2D eigenvalue weighted by molar-refractivity contribution is -0.117. The summed E-state index contributed by atoms with van der Waals surface area (Å²) in [5.74, 6) is -1.24. The van der Waals surface area contributed by atoms with E-state index in [2.05, 4.69) is 19.2 Å². The number of nitrogens with one attached hydrogen (secondary N) is 1. The lowest BCUT2D eigenvalue weighted by atomic mass is 9.97. The molecule has 1 aliphatic heterocycles. The Morgan fingerprint density at radius 1 is 1.30 bits per heavy atom. The topological polar surface area (TPSA) is 110 Å². The number of carboxylic acids is 1. The molecule has 0 radical (unpaired) electrons. The van der Waals surface area contributed by atoms with Crippen molar-refractivity contribution >= 4 is 23.3 Å². The molecule has 1 aromatic rings. The summed E-state index contributed by atoms with van der Waals surface area (Å²) < 4.78 is 0. The minimum atomic E-state index is -1.07. The number of carbonyl (C=O) groups is 2. The first-order valence-electron chi connectivity index (χ1n) is 9.61. The van der Waals surface area contributed by atoms with E-state index < -0.39 is 11.5 Å². The highest BCUT2D eigenvalue weighted by Crippen LogP contribution is 2.39. The number of aliphatic hydroxyl groups excluding tert-OH is 2. The highest BCUT2D eigenvalue weighted by Gasteiger charge is 2.46. The van der Waals surface area contributed by atoms with Crippen LogP contribution in [0.2, 0.25) is 0 Å². The van der Waals surface area contributed by atoms with Crippen molar-refractivity contribution in [2.24, 2.45) is 0 Å². The summed E-state index contributed by atoms with van der Waals surface area (Å²) in [6.45, 7) is 3.45. The van der Waals surface area contributed by atoms with Crippen LogP contribution in [0.4, 0.5) is 11.4 Å². The van der Waals surface area contributed by atoms with Crippen molar-refractivity contribution in [3.63, 3.8) is 0 Å². The van der Waals surface area contributed by atoms with Gasteiger partial charge >= 0.3 is 5.97 Å². The van der Waals surface area contributed by atoms with Crippen molar-refractivity contribution in [1.29, 1.82) is 0 Å². The summed E-state index contributed by atoms with van der Waals surface area (Å²) in [7, 11) is 0. The van der Waals surface area contributed by atoms with E-state index >= 15 is 0 Å². The first-order chi connectivity index (χ1) is 12.9. The lowest BCUT2D eigenvalue weighted by Crippen LogP contribution is -2.52. The van der Waals surface area contributed by atoms with Gasteiger partial charge in [-0.15, -0.1) is 0 Å². The molecule has 150 valence electrons. The maximum absolute atomic E-state index is 12.6. The van der Waals surface area contributed by atoms with E-state index in [9.17, 15) is 24.9 Å². The van der Waals surface area contributed by atoms with Crippen molar-refractivity contribution in [1.82, 2.24) is 0 Å². The molecular weight excluding hydrogens is 348 g/mol. The van der Waals surface area contributed by atoms with Gasteiger partial charge in [0.25, 0.3) is 0 Å². The average Bonchev–Trinajstić information content (AvgIpc) is 3.01. The molecule has 0 spiro atoms. The SMILES string of the molecule is CCCCC(CC)Nc1cc(C(=O)O)ccc1N1C(=O)CCC1(CO)CO. The summed E-state index contributed by atoms with van der Waals surface area (Å²) in [4.78, 5) is 25.4. The standard InChI is InChI=1S/C20H30N2O5/c1-3-5-6-15(4-2)21-16-11-14(19(26)27)7-8-17(16)22-18(25)9-10-20(22,12-23)13-24/h7-8,11,15,21,23-24H,3-6,9-10,12-13H2,1-2H3,(H,26,27). The molecular formula is C20H30N2O5. The first kappa shape index (κ1) is 21.2. The highest BCUT2D eigenvalue weighted by atomic mass is 16.4. The first-order valence-corrected chi connectivity index (χ1v) is 9.61. The van der Waals surface area contributed by atoms with Gasteiger partial charge in [0.15, 0.2) is 0 Å². The average molecular weight is 378 g/mol. The summed E-state index contributed by atoms with van der Waals surface area (Å²) in [5.41, 5.74) is 0.0976. The van der Waals surface area contributed by atoms with Gasteiger partial charge in [0.2, 0.25) is 5.91 Å². The Kier molecular flexibility index (Phi) is 7.21. The third kappa shape index (κ3) is 4.42. The van der Waals surface area contributed by atoms with E-state index in [1.807, 2.05) is 0 Å². The van der Waals surface area contributed by atoms with Gasteiger partial charge in [-0.3, -0.25) is 9.69 Å². The predicted molar refractivity (Wildman–Crippen MR) is 104 cm³/mol. The fourth-order valence-electron chi connectivity index (χ4n) is 3.60. The number of anilines is 2. The summed E-state index contributed by atoms with van der Waals surface area (Å²) in [6, 6.07) is 4.70. The fourth-order valence-corrected chi connectivity index (χ4v) is 3.60. The van der Waals surface area contributed by atoms with E-state index in [0.29, 0.717) is 17.8 Å². The van der Waals surface area contributed by atoms with Crippen molar-refractivity contribution < 1.29 is 24.9 Å². The third-order valence-electron chi connectivity index (χ3n) is 5.36. The zero-order valence-corrected chi connectivity index (χ0v) is 16.1. The van der Waals surface area contributed by atoms with Gasteiger partial charge in [0.05, 0.1) is 35.7 Å². The molecule has 1 amide bonds. The van der Waals surface area contributed by atoms with Crippen LogP contribution in [0.5, 0.6) is 0 Å². The van der Waals surface area contributed by atoms with Gasteiger partial charge < -0.3 is 20.6 Å². The number of nitrogens with zero attached hydrogens (tertiary/aromatic N) is 1. The molecule has 7 nitrogen and oxygen atoms in total. The molecule has 0 aliphatic carbocycles. The van der Waals surface area contributed by atoms with Crippen LogP contribution in [0.1, 0.15) is 62.7 Å². The molecule has 0 saturated carbocycles. The van der Waals surface area contributed by atoms with Gasteiger partial charge in [-0.25, -0.2) is 4.79 Å². The molecule has 1 atom stereocenters. The number of hydrogen-bond acceptors (Lipinski definition) is 5. The van der Waals surface area contributed by atoms with Crippen molar-refractivity contribution in [3.8, 4) is 0 Å². The predicted octanol–water partition coefficient (Wildman–Crippen LogP) is 2.62. The fraction of sp³-hybridized carbons (Fsp3) is 0.600. The van der Waals surface area contributed by atoms with Gasteiger partial charge in [-0.05, 0) is 37.5 Å². The summed E-state index contributed by atoms with van der Waals surface area (Å²) in [6.07, 6.45) is 4.47. The Morgan fingerprint density at radius 2 is 2.00 bits per heavy atom. The number of amides is 1. The largest absolute Gasteiger partial charge is 0.478 e. The Morgan fingerprint density at radius 3 is 2.56 bits per heavy atom. The molecule has 1 unspecified atom stereocenters. The maximum atomic E-state index is 12.6. The number of carbonyl (C=O) groups excluding carboxylic acids is 1. The van der Waals surface area contributed by atoms with E-state index in [-0.39, 0.29) is 37.1 Å². The molecule has 1 heterocycles. The van der Waals surface area contributed by atoms with Crippen LogP contribution in [0.15, 0.2) is 18.2 Å². The smallest absolute Gasteiger partial charge is 0.335 e. The third-order valence-corrected chi connectivity index (χ3v) is 5.36. The Hall–Kier alpha value is -2.12. The summed E-state index contributed by atoms with van der Waals surface area (Å²) >= 11 is 0. The summed E-state index contributed by atoms with van der Waals surface area (Å²) in [5, 5.41) is 32.5. The van der Waals surface area contributed by atoms with Crippen molar-refractivity contribution in [3.05, 3.63) is 23.8 Å². The van der Waals surface area contributed by atoms with E-state index in [1.54, 1.807) is 6.07 Å². The van der Waals surface area contributed by atoms with Crippen molar-refractivity contribution in [2.75, 3.05) is 23.4 Å². The van der Waals surface area contributed by atoms with Crippen LogP contribution in [0, 0.1) is 0 Å². The molecule has 1 fully saturated rings. The van der Waals surface area contributed by atoms with E-state index in [4.69, 9.17) is 0 Å². The molecule has 2 rings (SSSR count). The van der Waals surface area contributed by atoms with Gasteiger partial charge in [-0.1, -0.05) is 26.7 Å². The molecule has 4 N–H and O–H groups in total. The van der Waals surface area contributed by atoms with Crippen LogP contribution >= 0.6 is 0 Å². The van der Waals surface area contributed by atoms with Gasteiger partial charge in [0, 0.05) is 12.5 Å². The number of rotatable bonds is 10. The second kappa shape index (κ2) is 9.19. The normalized spacial score (nSPS) is 17.2. The molecule has 1 saturated heterocycles. The molecule has 27 heavy (non-hydrogen) atoms. The Balaban J connectivity index is 2.48. The number of hydrogen-bond donors (Lipinski definition) is 4. The number of benzene rings is 1.